The molecule has 0 saturated heterocycles. The third-order valence-corrected chi connectivity index (χ3v) is 6.72. The molecule has 1 N–H and O–H groups in total. The maximum Gasteiger partial charge on any atom is 0.261 e. The molecule has 5 nitrogen and oxygen atoms in total. The van der Waals surface area contributed by atoms with E-state index in [4.69, 9.17) is 16.3 Å². The fourth-order valence-electron chi connectivity index (χ4n) is 3.52. The third-order valence-electron chi connectivity index (χ3n) is 5.33. The van der Waals surface area contributed by atoms with E-state index in [0.717, 1.165) is 22.0 Å². The van der Waals surface area contributed by atoms with Crippen molar-refractivity contribution in [2.45, 2.75) is 32.4 Å². The fourth-order valence-corrected chi connectivity index (χ4v) is 4.58. The molecule has 0 spiro atoms. The zero-order valence-corrected chi connectivity index (χ0v) is 23.3. The molecule has 3 rings (SSSR count). The van der Waals surface area contributed by atoms with Gasteiger partial charge in [-0.15, -0.1) is 0 Å². The third kappa shape index (κ3) is 8.37. The van der Waals surface area contributed by atoms with Crippen LogP contribution in [0, 0.1) is 0 Å². The Balaban J connectivity index is 1.89. The van der Waals surface area contributed by atoms with Crippen LogP contribution in [-0.2, 0) is 22.6 Å². The Labute approximate surface area is 228 Å². The number of amides is 2. The summed E-state index contributed by atoms with van der Waals surface area (Å²) >= 11 is 12.9. The van der Waals surface area contributed by atoms with Crippen LogP contribution in [0.1, 0.15) is 24.5 Å². The number of benzene rings is 3. The summed E-state index contributed by atoms with van der Waals surface area (Å²) in [5, 5.41) is 3.53. The molecular weight excluding hydrogens is 596 g/mol. The van der Waals surface area contributed by atoms with Gasteiger partial charge in [0.05, 0.1) is 4.47 Å². The lowest BCUT2D eigenvalue weighted by Crippen LogP contribution is -2.51. The zero-order chi connectivity index (χ0) is 25.2. The second-order valence-electron chi connectivity index (χ2n) is 8.01. The molecule has 3 aromatic carbocycles. The first-order valence-corrected chi connectivity index (χ1v) is 13.3. The van der Waals surface area contributed by atoms with Gasteiger partial charge in [-0.3, -0.25) is 9.59 Å². The molecule has 0 aromatic heterocycles. The first-order valence-electron chi connectivity index (χ1n) is 11.3. The highest BCUT2D eigenvalue weighted by Crippen LogP contribution is 2.28. The van der Waals surface area contributed by atoms with E-state index in [9.17, 15) is 9.59 Å². The number of nitrogens with zero attached hydrogens (tertiary/aromatic N) is 1. The minimum Gasteiger partial charge on any atom is -0.483 e. The second-order valence-corrected chi connectivity index (χ2v) is 10.2. The summed E-state index contributed by atoms with van der Waals surface area (Å²) in [6, 6.07) is 21.8. The molecule has 0 radical (unpaired) electrons. The van der Waals surface area contributed by atoms with E-state index in [1.54, 1.807) is 23.1 Å². The van der Waals surface area contributed by atoms with E-state index in [-0.39, 0.29) is 25.0 Å². The lowest BCUT2D eigenvalue weighted by molar-refractivity contribution is -0.142. The molecule has 3 aromatic rings. The monoisotopic (exact) mass is 620 g/mol. The fraction of sp³-hybridized carbons (Fsp3) is 0.259. The molecule has 0 saturated carbocycles. The highest BCUT2D eigenvalue weighted by atomic mass is 79.9. The number of hydrogen-bond acceptors (Lipinski definition) is 3. The first-order chi connectivity index (χ1) is 16.9. The number of ether oxygens (including phenoxy) is 1. The topological polar surface area (TPSA) is 58.6 Å². The highest BCUT2D eigenvalue weighted by molar-refractivity contribution is 9.10. The van der Waals surface area contributed by atoms with E-state index in [1.165, 1.54) is 0 Å². The number of nitrogens with one attached hydrogen (secondary N) is 1. The van der Waals surface area contributed by atoms with Crippen molar-refractivity contribution in [3.8, 4) is 5.75 Å². The van der Waals surface area contributed by atoms with Gasteiger partial charge in [0.2, 0.25) is 5.91 Å². The van der Waals surface area contributed by atoms with Crippen LogP contribution in [0.5, 0.6) is 5.75 Å². The molecule has 0 aliphatic rings. The number of halogens is 3. The standard InChI is InChI=1S/C27H27Br2ClN2O3/c1-2-14-31-27(34)24(15-19-6-4-3-5-7-19)32(17-20-8-10-21(28)11-9-20)26(33)18-35-25-13-12-22(30)16-23(25)29/h3-13,16,24H,2,14-15,17-18H2,1H3,(H,31,34). The molecular formula is C27H27Br2ClN2O3. The summed E-state index contributed by atoms with van der Waals surface area (Å²) in [4.78, 5) is 28.4. The van der Waals surface area contributed by atoms with Crippen molar-refractivity contribution < 1.29 is 14.3 Å². The van der Waals surface area contributed by atoms with E-state index in [0.29, 0.717) is 28.2 Å². The molecule has 35 heavy (non-hydrogen) atoms. The minimum atomic E-state index is -0.697. The Morgan fingerprint density at radius 2 is 1.71 bits per heavy atom. The Morgan fingerprint density at radius 3 is 2.37 bits per heavy atom. The van der Waals surface area contributed by atoms with Gasteiger partial charge in [-0.25, -0.2) is 0 Å². The molecule has 8 heteroatoms. The highest BCUT2D eigenvalue weighted by Gasteiger charge is 2.30. The van der Waals surface area contributed by atoms with E-state index < -0.39 is 6.04 Å². The van der Waals surface area contributed by atoms with Crippen LogP contribution in [0.4, 0.5) is 0 Å². The Morgan fingerprint density at radius 1 is 1.00 bits per heavy atom. The van der Waals surface area contributed by atoms with Crippen molar-refractivity contribution in [3.05, 3.63) is 97.9 Å². The van der Waals surface area contributed by atoms with Gasteiger partial charge in [-0.05, 0) is 63.8 Å². The molecule has 0 aliphatic carbocycles. The molecule has 0 bridgehead atoms. The molecule has 184 valence electrons. The summed E-state index contributed by atoms with van der Waals surface area (Å²) in [5.41, 5.74) is 1.88. The molecule has 2 amide bonds. The molecule has 0 aliphatic heterocycles. The lowest BCUT2D eigenvalue weighted by Gasteiger charge is -2.31. The van der Waals surface area contributed by atoms with E-state index >= 15 is 0 Å². The summed E-state index contributed by atoms with van der Waals surface area (Å²) in [5.74, 6) is 0.0255. The maximum atomic E-state index is 13.5. The first kappa shape index (κ1) is 27.2. The Bertz CT molecular complexity index is 1130. The van der Waals surface area contributed by atoms with Gasteiger partial charge < -0.3 is 15.0 Å². The lowest BCUT2D eigenvalue weighted by atomic mass is 10.0. The average Bonchev–Trinajstić information content (AvgIpc) is 2.85. The second kappa shape index (κ2) is 13.7. The van der Waals surface area contributed by atoms with Crippen LogP contribution in [-0.4, -0.2) is 35.9 Å². The van der Waals surface area contributed by atoms with Crippen molar-refractivity contribution in [2.75, 3.05) is 13.2 Å². The van der Waals surface area contributed by atoms with E-state index in [1.807, 2.05) is 61.5 Å². The van der Waals surface area contributed by atoms with E-state index in [2.05, 4.69) is 37.2 Å². The summed E-state index contributed by atoms with van der Waals surface area (Å²) in [6.07, 6.45) is 1.20. The predicted octanol–water partition coefficient (Wildman–Crippen LogP) is 6.41. The van der Waals surface area contributed by atoms with Crippen LogP contribution in [0.2, 0.25) is 5.02 Å². The molecule has 1 unspecified atom stereocenters. The van der Waals surface area contributed by atoms with Crippen LogP contribution >= 0.6 is 43.5 Å². The van der Waals surface area contributed by atoms with Gasteiger partial charge in [0.1, 0.15) is 11.8 Å². The Hall–Kier alpha value is -2.35. The van der Waals surface area contributed by atoms with Crippen molar-refractivity contribution in [1.82, 2.24) is 10.2 Å². The SMILES string of the molecule is CCCNC(=O)C(Cc1ccccc1)N(Cc1ccc(Br)cc1)C(=O)COc1ccc(Cl)cc1Br. The minimum absolute atomic E-state index is 0.186. The van der Waals surface area contributed by atoms with Crippen LogP contribution in [0.15, 0.2) is 81.7 Å². The van der Waals surface area contributed by atoms with Gasteiger partial charge >= 0.3 is 0 Å². The van der Waals surface area contributed by atoms with Crippen molar-refractivity contribution in [2.24, 2.45) is 0 Å². The Kier molecular flexibility index (Phi) is 10.6. The smallest absolute Gasteiger partial charge is 0.261 e. The largest absolute Gasteiger partial charge is 0.483 e. The number of hydrogen-bond donors (Lipinski definition) is 1. The molecule has 0 fully saturated rings. The van der Waals surface area contributed by atoms with Gasteiger partial charge in [-0.1, -0.05) is 76.9 Å². The zero-order valence-electron chi connectivity index (χ0n) is 19.3. The summed E-state index contributed by atoms with van der Waals surface area (Å²) < 4.78 is 7.41. The number of carbonyl (C=O) groups excluding carboxylic acids is 2. The van der Waals surface area contributed by atoms with Crippen molar-refractivity contribution >= 4 is 55.3 Å². The summed E-state index contributed by atoms with van der Waals surface area (Å²) in [7, 11) is 0. The molecule has 1 atom stereocenters. The van der Waals surface area contributed by atoms with Crippen molar-refractivity contribution in [1.29, 1.82) is 0 Å². The van der Waals surface area contributed by atoms with Gasteiger partial charge in [0.15, 0.2) is 6.61 Å². The predicted molar refractivity (Wildman–Crippen MR) is 147 cm³/mol. The number of rotatable bonds is 11. The van der Waals surface area contributed by atoms with Crippen molar-refractivity contribution in [3.63, 3.8) is 0 Å². The van der Waals surface area contributed by atoms with Gasteiger partial charge in [-0.2, -0.15) is 0 Å². The summed E-state index contributed by atoms with van der Waals surface area (Å²) in [6.45, 7) is 2.59. The number of carbonyl (C=O) groups is 2. The average molecular weight is 623 g/mol. The van der Waals surface area contributed by atoms with Gasteiger partial charge in [0.25, 0.3) is 5.91 Å². The van der Waals surface area contributed by atoms with Crippen LogP contribution in [0.25, 0.3) is 0 Å². The van der Waals surface area contributed by atoms with Crippen LogP contribution in [0.3, 0.4) is 0 Å². The van der Waals surface area contributed by atoms with Gasteiger partial charge in [0, 0.05) is 29.0 Å². The normalized spacial score (nSPS) is 11.5. The quantitative estimate of drug-likeness (QED) is 0.269. The maximum absolute atomic E-state index is 13.5. The van der Waals surface area contributed by atoms with Crippen LogP contribution < -0.4 is 10.1 Å². The molecule has 0 heterocycles.